The molecule has 0 unspecified atom stereocenters. The molecule has 0 aliphatic carbocycles. The fourth-order valence-electron chi connectivity index (χ4n) is 3.15. The number of hydrogen-bond acceptors (Lipinski definition) is 4. The monoisotopic (exact) mass is 421 g/mol. The molecular formula is C24H27N3O2S. The average Bonchev–Trinajstić information content (AvgIpc) is 3.13. The third-order valence-corrected chi connectivity index (χ3v) is 5.79. The molecule has 6 heteroatoms. The van der Waals surface area contributed by atoms with Crippen LogP contribution in [-0.4, -0.2) is 36.9 Å². The van der Waals surface area contributed by atoms with Crippen LogP contribution in [0.2, 0.25) is 0 Å². The first kappa shape index (κ1) is 21.7. The molecule has 30 heavy (non-hydrogen) atoms. The Kier molecular flexibility index (Phi) is 7.76. The van der Waals surface area contributed by atoms with Gasteiger partial charge >= 0.3 is 0 Å². The molecule has 5 nitrogen and oxygen atoms in total. The van der Waals surface area contributed by atoms with E-state index in [-0.39, 0.29) is 18.4 Å². The maximum Gasteiger partial charge on any atom is 0.253 e. The van der Waals surface area contributed by atoms with Gasteiger partial charge in [0, 0.05) is 18.0 Å². The van der Waals surface area contributed by atoms with E-state index < -0.39 is 0 Å². The van der Waals surface area contributed by atoms with Crippen molar-refractivity contribution in [3.05, 3.63) is 87.6 Å². The normalized spacial score (nSPS) is 10.8. The van der Waals surface area contributed by atoms with Gasteiger partial charge in [-0.15, -0.1) is 11.3 Å². The predicted octanol–water partition coefficient (Wildman–Crippen LogP) is 4.10. The fraction of sp³-hybridized carbons (Fsp3) is 0.250. The summed E-state index contributed by atoms with van der Waals surface area (Å²) in [5.41, 5.74) is 3.41. The molecule has 0 bridgehead atoms. The maximum absolute atomic E-state index is 12.6. The molecule has 0 aliphatic rings. The summed E-state index contributed by atoms with van der Waals surface area (Å²) in [6.45, 7) is 3.58. The highest BCUT2D eigenvalue weighted by atomic mass is 32.1. The number of rotatable bonds is 9. The molecule has 0 saturated carbocycles. The molecule has 0 atom stereocenters. The minimum Gasteiger partial charge on any atom is -0.352 e. The van der Waals surface area contributed by atoms with Gasteiger partial charge in [-0.3, -0.25) is 14.5 Å². The Hall–Kier alpha value is -2.96. The van der Waals surface area contributed by atoms with E-state index >= 15 is 0 Å². The molecule has 0 saturated heterocycles. The average molecular weight is 422 g/mol. The molecule has 0 fully saturated rings. The van der Waals surface area contributed by atoms with Crippen molar-refractivity contribution >= 4 is 28.8 Å². The largest absolute Gasteiger partial charge is 0.352 e. The van der Waals surface area contributed by atoms with E-state index in [0.717, 1.165) is 13.0 Å². The molecule has 2 aromatic carbocycles. The van der Waals surface area contributed by atoms with Crippen molar-refractivity contribution in [2.24, 2.45) is 0 Å². The van der Waals surface area contributed by atoms with E-state index in [1.807, 2.05) is 48.3 Å². The topological polar surface area (TPSA) is 61.4 Å². The summed E-state index contributed by atoms with van der Waals surface area (Å²) in [5.74, 6) is -0.333. The van der Waals surface area contributed by atoms with Crippen molar-refractivity contribution in [1.82, 2.24) is 10.2 Å². The Balaban J connectivity index is 1.54. The van der Waals surface area contributed by atoms with Crippen LogP contribution in [0.15, 0.2) is 66.0 Å². The summed E-state index contributed by atoms with van der Waals surface area (Å²) in [6, 6.07) is 19.2. The minimum absolute atomic E-state index is 0.142. The van der Waals surface area contributed by atoms with Crippen LogP contribution in [0.3, 0.4) is 0 Å². The van der Waals surface area contributed by atoms with Crippen LogP contribution in [0.25, 0.3) is 0 Å². The zero-order valence-electron chi connectivity index (χ0n) is 17.4. The highest BCUT2D eigenvalue weighted by Crippen LogP contribution is 2.18. The summed E-state index contributed by atoms with van der Waals surface area (Å²) < 4.78 is 0. The number of carbonyl (C=O) groups is 2. The molecule has 1 aromatic heterocycles. The van der Waals surface area contributed by atoms with Crippen LogP contribution < -0.4 is 10.6 Å². The second-order valence-corrected chi connectivity index (χ2v) is 8.29. The first-order valence-electron chi connectivity index (χ1n) is 9.95. The highest BCUT2D eigenvalue weighted by molar-refractivity contribution is 7.10. The first-order chi connectivity index (χ1) is 14.5. The van der Waals surface area contributed by atoms with Crippen molar-refractivity contribution < 1.29 is 9.59 Å². The van der Waals surface area contributed by atoms with Gasteiger partial charge in [-0.25, -0.2) is 0 Å². The molecule has 3 aromatic rings. The predicted molar refractivity (Wildman–Crippen MR) is 123 cm³/mol. The van der Waals surface area contributed by atoms with Gasteiger partial charge in [0.2, 0.25) is 5.91 Å². The SMILES string of the molecule is Cc1ccsc1CN(C)CC(=O)Nc1ccccc1C(=O)NCCc1ccccc1. The standard InChI is InChI=1S/C24H27N3O2S/c1-18-13-15-30-22(18)16-27(2)17-23(28)26-21-11-7-6-10-20(21)24(29)25-14-12-19-8-4-3-5-9-19/h3-11,13,15H,12,14,16-17H2,1-2H3,(H,25,29)(H,26,28). The van der Waals surface area contributed by atoms with Gasteiger partial charge in [-0.1, -0.05) is 42.5 Å². The summed E-state index contributed by atoms with van der Waals surface area (Å²) in [4.78, 5) is 28.4. The van der Waals surface area contributed by atoms with Gasteiger partial charge < -0.3 is 10.6 Å². The lowest BCUT2D eigenvalue weighted by molar-refractivity contribution is -0.117. The van der Waals surface area contributed by atoms with Crippen molar-refractivity contribution in [3.63, 3.8) is 0 Å². The number of aryl methyl sites for hydroxylation is 1. The maximum atomic E-state index is 12.6. The highest BCUT2D eigenvalue weighted by Gasteiger charge is 2.14. The Morgan fingerprint density at radius 1 is 1.00 bits per heavy atom. The lowest BCUT2D eigenvalue weighted by Gasteiger charge is -2.17. The molecule has 0 spiro atoms. The lowest BCUT2D eigenvalue weighted by atomic mass is 10.1. The molecule has 3 rings (SSSR count). The van der Waals surface area contributed by atoms with Crippen LogP contribution in [0, 0.1) is 6.92 Å². The van der Waals surface area contributed by atoms with Crippen molar-refractivity contribution in [2.75, 3.05) is 25.5 Å². The van der Waals surface area contributed by atoms with Crippen molar-refractivity contribution in [2.45, 2.75) is 19.9 Å². The molecule has 2 N–H and O–H groups in total. The number of hydrogen-bond donors (Lipinski definition) is 2. The summed E-state index contributed by atoms with van der Waals surface area (Å²) in [7, 11) is 1.92. The van der Waals surface area contributed by atoms with Crippen LogP contribution >= 0.6 is 11.3 Å². The number of nitrogens with one attached hydrogen (secondary N) is 2. The van der Waals surface area contributed by atoms with Crippen LogP contribution in [0.4, 0.5) is 5.69 Å². The van der Waals surface area contributed by atoms with Crippen LogP contribution in [0.1, 0.15) is 26.4 Å². The zero-order valence-corrected chi connectivity index (χ0v) is 18.2. The van der Waals surface area contributed by atoms with Crippen molar-refractivity contribution in [1.29, 1.82) is 0 Å². The Morgan fingerprint density at radius 2 is 1.73 bits per heavy atom. The second-order valence-electron chi connectivity index (χ2n) is 7.28. The van der Waals surface area contributed by atoms with Crippen LogP contribution in [-0.2, 0) is 17.8 Å². The van der Waals surface area contributed by atoms with Gasteiger partial charge in [0.25, 0.3) is 5.91 Å². The number of likely N-dealkylation sites (N-methyl/N-ethyl adjacent to an activating group) is 1. The molecule has 2 amide bonds. The first-order valence-corrected chi connectivity index (χ1v) is 10.8. The molecule has 1 heterocycles. The number of benzene rings is 2. The van der Waals surface area contributed by atoms with Gasteiger partial charge in [0.1, 0.15) is 0 Å². The molecule has 0 aliphatic heterocycles. The molecule has 0 radical (unpaired) electrons. The minimum atomic E-state index is -0.190. The summed E-state index contributed by atoms with van der Waals surface area (Å²) in [5, 5.41) is 7.89. The van der Waals surface area contributed by atoms with Gasteiger partial charge in [-0.2, -0.15) is 0 Å². The van der Waals surface area contributed by atoms with E-state index in [4.69, 9.17) is 0 Å². The number of nitrogens with zero attached hydrogens (tertiary/aromatic N) is 1. The summed E-state index contributed by atoms with van der Waals surface area (Å²) in [6.07, 6.45) is 0.758. The third kappa shape index (κ3) is 6.27. The number of para-hydroxylation sites is 1. The van der Waals surface area contributed by atoms with E-state index in [1.165, 1.54) is 16.0 Å². The quantitative estimate of drug-likeness (QED) is 0.547. The number of carbonyl (C=O) groups excluding carboxylic acids is 2. The van der Waals surface area contributed by atoms with Gasteiger partial charge in [0.05, 0.1) is 17.8 Å². The van der Waals surface area contributed by atoms with E-state index in [1.54, 1.807) is 29.5 Å². The molecular weight excluding hydrogens is 394 g/mol. The van der Waals surface area contributed by atoms with Gasteiger partial charge in [0.15, 0.2) is 0 Å². The van der Waals surface area contributed by atoms with Crippen LogP contribution in [0.5, 0.6) is 0 Å². The van der Waals surface area contributed by atoms with E-state index in [2.05, 4.69) is 29.0 Å². The lowest BCUT2D eigenvalue weighted by Crippen LogP contribution is -2.31. The Labute approximate surface area is 181 Å². The summed E-state index contributed by atoms with van der Waals surface area (Å²) >= 11 is 1.69. The Bertz CT molecular complexity index is 985. The fourth-order valence-corrected chi connectivity index (χ4v) is 4.14. The molecule has 156 valence electrons. The third-order valence-electron chi connectivity index (χ3n) is 4.78. The second kappa shape index (κ2) is 10.7. The van der Waals surface area contributed by atoms with Gasteiger partial charge in [-0.05, 0) is 55.1 Å². The van der Waals surface area contributed by atoms with E-state index in [0.29, 0.717) is 17.8 Å². The number of amides is 2. The van der Waals surface area contributed by atoms with Crippen molar-refractivity contribution in [3.8, 4) is 0 Å². The zero-order chi connectivity index (χ0) is 21.3. The smallest absolute Gasteiger partial charge is 0.253 e. The Morgan fingerprint density at radius 3 is 2.47 bits per heavy atom. The number of anilines is 1. The van der Waals surface area contributed by atoms with E-state index in [9.17, 15) is 9.59 Å². The number of thiophene rings is 1.